The van der Waals surface area contributed by atoms with Crippen LogP contribution in [0.5, 0.6) is 5.88 Å². The summed E-state index contributed by atoms with van der Waals surface area (Å²) in [4.78, 5) is 8.44. The lowest BCUT2D eigenvalue weighted by Gasteiger charge is -2.29. The average molecular weight is 280 g/mol. The summed E-state index contributed by atoms with van der Waals surface area (Å²) < 4.78 is 11.5. The third-order valence-corrected chi connectivity index (χ3v) is 3.75. The Morgan fingerprint density at radius 3 is 2.70 bits per heavy atom. The van der Waals surface area contributed by atoms with Gasteiger partial charge >= 0.3 is 0 Å². The van der Waals surface area contributed by atoms with Crippen LogP contribution in [0.25, 0.3) is 0 Å². The number of hydrogen-bond donors (Lipinski definition) is 2. The molecule has 0 amide bonds. The predicted octanol–water partition coefficient (Wildman–Crippen LogP) is 2.22. The van der Waals surface area contributed by atoms with Gasteiger partial charge in [0.1, 0.15) is 12.4 Å². The molecule has 20 heavy (non-hydrogen) atoms. The highest BCUT2D eigenvalue weighted by Gasteiger charge is 2.25. The molecule has 1 aromatic rings. The summed E-state index contributed by atoms with van der Waals surface area (Å²) in [7, 11) is 1.76. The Hall–Kier alpha value is -1.40. The number of anilines is 1. The number of nitrogen functional groups attached to an aromatic ring is 1. The maximum absolute atomic E-state index is 6.10. The summed E-state index contributed by atoms with van der Waals surface area (Å²) >= 11 is 0. The van der Waals surface area contributed by atoms with Crippen LogP contribution in [0.2, 0.25) is 0 Å². The van der Waals surface area contributed by atoms with E-state index in [2.05, 4.69) is 29.2 Å². The molecule has 6 nitrogen and oxygen atoms in total. The van der Waals surface area contributed by atoms with Crippen molar-refractivity contribution in [3.63, 3.8) is 0 Å². The molecule has 1 aliphatic rings. The van der Waals surface area contributed by atoms with Crippen molar-refractivity contribution in [2.24, 2.45) is 5.84 Å². The van der Waals surface area contributed by atoms with Crippen molar-refractivity contribution < 1.29 is 9.47 Å². The van der Waals surface area contributed by atoms with Gasteiger partial charge in [0.2, 0.25) is 5.88 Å². The van der Waals surface area contributed by atoms with E-state index in [9.17, 15) is 0 Å². The molecule has 2 unspecified atom stereocenters. The van der Waals surface area contributed by atoms with Gasteiger partial charge in [0.15, 0.2) is 5.82 Å². The van der Waals surface area contributed by atoms with Crippen molar-refractivity contribution in [3.8, 4) is 5.88 Å². The molecule has 0 aliphatic heterocycles. The Morgan fingerprint density at radius 2 is 2.05 bits per heavy atom. The zero-order valence-corrected chi connectivity index (χ0v) is 12.4. The standard InChI is InChI=1S/C14H24N4O2/c1-9(2)12-13(18-15)16-8-17-14(12)20-11-6-4-5-10(7-11)19-3/h8-11H,4-7,15H2,1-3H3,(H,16,17,18). The summed E-state index contributed by atoms with van der Waals surface area (Å²) in [5.74, 6) is 7.01. The molecule has 6 heteroatoms. The number of nitrogens with one attached hydrogen (secondary N) is 1. The third kappa shape index (κ3) is 3.37. The van der Waals surface area contributed by atoms with Gasteiger partial charge in [0.05, 0.1) is 11.7 Å². The summed E-state index contributed by atoms with van der Waals surface area (Å²) in [6.45, 7) is 4.15. The van der Waals surface area contributed by atoms with Gasteiger partial charge in [-0.05, 0) is 25.2 Å². The van der Waals surface area contributed by atoms with Gasteiger partial charge in [-0.1, -0.05) is 13.8 Å². The van der Waals surface area contributed by atoms with Crippen molar-refractivity contribution in [1.82, 2.24) is 9.97 Å². The smallest absolute Gasteiger partial charge is 0.222 e. The molecular formula is C14H24N4O2. The molecule has 1 aromatic heterocycles. The van der Waals surface area contributed by atoms with E-state index in [1.54, 1.807) is 7.11 Å². The van der Waals surface area contributed by atoms with Crippen LogP contribution in [0.1, 0.15) is 51.0 Å². The molecule has 1 aliphatic carbocycles. The minimum atomic E-state index is 0.145. The first-order valence-electron chi connectivity index (χ1n) is 7.16. The Kier molecular flexibility index (Phi) is 5.14. The molecule has 2 rings (SSSR count). The van der Waals surface area contributed by atoms with Gasteiger partial charge in [0, 0.05) is 13.5 Å². The topological polar surface area (TPSA) is 82.3 Å². The summed E-state index contributed by atoms with van der Waals surface area (Å²) in [5, 5.41) is 0. The van der Waals surface area contributed by atoms with E-state index in [1.165, 1.54) is 6.33 Å². The van der Waals surface area contributed by atoms with E-state index in [4.69, 9.17) is 15.3 Å². The minimum absolute atomic E-state index is 0.145. The van der Waals surface area contributed by atoms with Crippen molar-refractivity contribution >= 4 is 5.82 Å². The maximum Gasteiger partial charge on any atom is 0.222 e. The number of rotatable bonds is 5. The van der Waals surface area contributed by atoms with Crippen LogP contribution in [-0.2, 0) is 4.74 Å². The van der Waals surface area contributed by atoms with Crippen molar-refractivity contribution in [1.29, 1.82) is 0 Å². The fourth-order valence-electron chi connectivity index (χ4n) is 2.69. The molecule has 112 valence electrons. The Bertz CT molecular complexity index is 439. The molecule has 0 spiro atoms. The molecule has 1 saturated carbocycles. The van der Waals surface area contributed by atoms with Gasteiger partial charge in [-0.3, -0.25) is 0 Å². The zero-order valence-electron chi connectivity index (χ0n) is 12.4. The monoisotopic (exact) mass is 280 g/mol. The fraction of sp³-hybridized carbons (Fsp3) is 0.714. The lowest BCUT2D eigenvalue weighted by molar-refractivity contribution is 0.0191. The SMILES string of the molecule is COC1CCCC(Oc2ncnc(NN)c2C(C)C)C1. The second-order valence-corrected chi connectivity index (χ2v) is 5.50. The van der Waals surface area contributed by atoms with E-state index in [-0.39, 0.29) is 18.1 Å². The molecule has 1 fully saturated rings. The molecule has 0 saturated heterocycles. The van der Waals surface area contributed by atoms with Crippen LogP contribution in [0.3, 0.4) is 0 Å². The lowest BCUT2D eigenvalue weighted by Crippen LogP contribution is -2.30. The first kappa shape index (κ1) is 15.0. The highest BCUT2D eigenvalue weighted by atomic mass is 16.5. The highest BCUT2D eigenvalue weighted by Crippen LogP contribution is 2.32. The van der Waals surface area contributed by atoms with Gasteiger partial charge in [-0.2, -0.15) is 0 Å². The molecule has 2 atom stereocenters. The largest absolute Gasteiger partial charge is 0.474 e. The van der Waals surface area contributed by atoms with Gasteiger partial charge in [0.25, 0.3) is 0 Å². The second-order valence-electron chi connectivity index (χ2n) is 5.50. The first-order chi connectivity index (χ1) is 9.65. The Labute approximate surface area is 120 Å². The molecule has 1 heterocycles. The van der Waals surface area contributed by atoms with Crippen LogP contribution in [0.15, 0.2) is 6.33 Å². The minimum Gasteiger partial charge on any atom is -0.474 e. The Morgan fingerprint density at radius 1 is 1.30 bits per heavy atom. The van der Waals surface area contributed by atoms with E-state index in [0.29, 0.717) is 11.7 Å². The molecule has 0 aromatic carbocycles. The number of nitrogens with two attached hydrogens (primary N) is 1. The van der Waals surface area contributed by atoms with Gasteiger partial charge in [-0.25, -0.2) is 15.8 Å². The molecule has 3 N–H and O–H groups in total. The average Bonchev–Trinajstić information content (AvgIpc) is 2.46. The number of hydrazine groups is 1. The van der Waals surface area contributed by atoms with E-state index in [1.807, 2.05) is 0 Å². The number of methoxy groups -OCH3 is 1. The van der Waals surface area contributed by atoms with Crippen LogP contribution in [0, 0.1) is 0 Å². The first-order valence-corrected chi connectivity index (χ1v) is 7.16. The lowest BCUT2D eigenvalue weighted by atomic mass is 9.95. The molecule has 0 bridgehead atoms. The quantitative estimate of drug-likeness (QED) is 0.635. The number of aromatic nitrogens is 2. The predicted molar refractivity (Wildman–Crippen MR) is 77.6 cm³/mol. The molecule has 0 radical (unpaired) electrons. The number of nitrogens with zero attached hydrogens (tertiary/aromatic N) is 2. The van der Waals surface area contributed by atoms with Crippen molar-refractivity contribution in [2.75, 3.05) is 12.5 Å². The van der Waals surface area contributed by atoms with E-state index in [0.717, 1.165) is 31.2 Å². The van der Waals surface area contributed by atoms with E-state index >= 15 is 0 Å². The summed E-state index contributed by atoms with van der Waals surface area (Å²) in [6.07, 6.45) is 6.07. The van der Waals surface area contributed by atoms with E-state index < -0.39 is 0 Å². The highest BCUT2D eigenvalue weighted by molar-refractivity contribution is 5.49. The Balaban J connectivity index is 2.16. The second kappa shape index (κ2) is 6.85. The normalized spacial score (nSPS) is 22.9. The van der Waals surface area contributed by atoms with Crippen molar-refractivity contribution in [3.05, 3.63) is 11.9 Å². The number of hydrogen-bond acceptors (Lipinski definition) is 6. The zero-order chi connectivity index (χ0) is 14.5. The van der Waals surface area contributed by atoms with Crippen LogP contribution < -0.4 is 16.0 Å². The fourth-order valence-corrected chi connectivity index (χ4v) is 2.69. The molecular weight excluding hydrogens is 256 g/mol. The third-order valence-electron chi connectivity index (χ3n) is 3.75. The van der Waals surface area contributed by atoms with Gasteiger partial charge in [-0.15, -0.1) is 0 Å². The summed E-state index contributed by atoms with van der Waals surface area (Å²) in [6, 6.07) is 0. The van der Waals surface area contributed by atoms with Crippen LogP contribution >= 0.6 is 0 Å². The summed E-state index contributed by atoms with van der Waals surface area (Å²) in [5.41, 5.74) is 3.54. The maximum atomic E-state index is 6.10. The van der Waals surface area contributed by atoms with Crippen molar-refractivity contribution in [2.45, 2.75) is 57.7 Å². The van der Waals surface area contributed by atoms with Crippen LogP contribution in [-0.4, -0.2) is 29.3 Å². The number of ether oxygens (including phenoxy) is 2. The van der Waals surface area contributed by atoms with Crippen LogP contribution in [0.4, 0.5) is 5.82 Å². The van der Waals surface area contributed by atoms with Gasteiger partial charge < -0.3 is 14.9 Å².